The van der Waals surface area contributed by atoms with E-state index in [4.69, 9.17) is 32.7 Å². The van der Waals surface area contributed by atoms with Crippen LogP contribution in [0.2, 0.25) is 10.0 Å². The third-order valence-electron chi connectivity index (χ3n) is 4.71. The quantitative estimate of drug-likeness (QED) is 0.454. The summed E-state index contributed by atoms with van der Waals surface area (Å²) in [6.45, 7) is 1.24. The van der Waals surface area contributed by atoms with Gasteiger partial charge in [0.1, 0.15) is 22.9 Å². The van der Waals surface area contributed by atoms with Crippen LogP contribution in [0.5, 0.6) is 11.5 Å². The molecule has 3 rings (SSSR count). The van der Waals surface area contributed by atoms with Gasteiger partial charge in [-0.15, -0.1) is 0 Å². The SMILES string of the molecule is COc1ccc(N(CC(=O)Nc2cccc(Cl)c2)S(=O)(=O)c2cc(C)ccc2OC)cc1Cl. The van der Waals surface area contributed by atoms with Gasteiger partial charge in [0.15, 0.2) is 0 Å². The van der Waals surface area contributed by atoms with Crippen LogP contribution >= 0.6 is 23.2 Å². The number of amides is 1. The van der Waals surface area contributed by atoms with Crippen molar-refractivity contribution in [2.75, 3.05) is 30.4 Å². The summed E-state index contributed by atoms with van der Waals surface area (Å²) >= 11 is 12.2. The summed E-state index contributed by atoms with van der Waals surface area (Å²) in [4.78, 5) is 12.8. The lowest BCUT2D eigenvalue weighted by Gasteiger charge is -2.25. The first-order valence-electron chi connectivity index (χ1n) is 9.72. The van der Waals surface area contributed by atoms with E-state index in [1.54, 1.807) is 43.3 Å². The number of halogens is 2. The second-order valence-electron chi connectivity index (χ2n) is 7.04. The second-order valence-corrected chi connectivity index (χ2v) is 9.72. The number of carbonyl (C=O) groups excluding carboxylic acids is 1. The van der Waals surface area contributed by atoms with Crippen molar-refractivity contribution in [3.8, 4) is 11.5 Å². The minimum Gasteiger partial charge on any atom is -0.495 e. The second kappa shape index (κ2) is 10.3. The number of carbonyl (C=O) groups is 1. The molecule has 33 heavy (non-hydrogen) atoms. The number of nitrogens with one attached hydrogen (secondary N) is 1. The van der Waals surface area contributed by atoms with Crippen molar-refractivity contribution in [3.63, 3.8) is 0 Å². The summed E-state index contributed by atoms with van der Waals surface area (Å²) < 4.78 is 38.9. The lowest BCUT2D eigenvalue weighted by molar-refractivity contribution is -0.114. The van der Waals surface area contributed by atoms with Crippen molar-refractivity contribution in [1.82, 2.24) is 0 Å². The Hall–Kier alpha value is -2.94. The highest BCUT2D eigenvalue weighted by atomic mass is 35.5. The monoisotopic (exact) mass is 508 g/mol. The molecule has 7 nitrogen and oxygen atoms in total. The molecule has 0 unspecified atom stereocenters. The fourth-order valence-corrected chi connectivity index (χ4v) is 5.23. The molecule has 3 aromatic rings. The number of hydrogen-bond donors (Lipinski definition) is 1. The number of methoxy groups -OCH3 is 2. The fourth-order valence-electron chi connectivity index (χ4n) is 3.13. The predicted molar refractivity (Wildman–Crippen MR) is 130 cm³/mol. The van der Waals surface area contributed by atoms with Gasteiger partial charge in [-0.3, -0.25) is 9.10 Å². The molecular weight excluding hydrogens is 487 g/mol. The number of hydrogen-bond acceptors (Lipinski definition) is 5. The number of anilines is 2. The zero-order chi connectivity index (χ0) is 24.2. The summed E-state index contributed by atoms with van der Waals surface area (Å²) in [5.74, 6) is -0.0471. The maximum absolute atomic E-state index is 13.7. The molecule has 0 aliphatic rings. The molecule has 0 atom stereocenters. The summed E-state index contributed by atoms with van der Waals surface area (Å²) in [6.07, 6.45) is 0. The summed E-state index contributed by atoms with van der Waals surface area (Å²) in [7, 11) is -1.40. The third kappa shape index (κ3) is 5.71. The average molecular weight is 509 g/mol. The molecule has 0 aliphatic heterocycles. The van der Waals surface area contributed by atoms with E-state index in [-0.39, 0.29) is 21.4 Å². The summed E-state index contributed by atoms with van der Waals surface area (Å²) in [6, 6.07) is 15.8. The van der Waals surface area contributed by atoms with E-state index in [0.717, 1.165) is 4.31 Å². The lowest BCUT2D eigenvalue weighted by Crippen LogP contribution is -2.38. The van der Waals surface area contributed by atoms with Crippen molar-refractivity contribution in [1.29, 1.82) is 0 Å². The molecule has 0 heterocycles. The molecule has 0 spiro atoms. The topological polar surface area (TPSA) is 84.9 Å². The third-order valence-corrected chi connectivity index (χ3v) is 7.03. The molecule has 0 aromatic heterocycles. The first kappa shape index (κ1) is 24.7. The standard InChI is InChI=1S/C23H22Cl2N2O5S/c1-15-7-9-21(32-3)22(11-15)33(29,30)27(18-8-10-20(31-2)19(25)13-18)14-23(28)26-17-6-4-5-16(24)12-17/h4-13H,14H2,1-3H3,(H,26,28). The molecule has 0 saturated heterocycles. The normalized spacial score (nSPS) is 11.1. The molecule has 0 bridgehead atoms. The van der Waals surface area contributed by atoms with Gasteiger partial charge in [0.25, 0.3) is 10.0 Å². The molecule has 0 radical (unpaired) electrons. The van der Waals surface area contributed by atoms with Gasteiger partial charge in [0, 0.05) is 10.7 Å². The lowest BCUT2D eigenvalue weighted by atomic mass is 10.2. The van der Waals surface area contributed by atoms with E-state index < -0.39 is 22.5 Å². The van der Waals surface area contributed by atoms with E-state index in [9.17, 15) is 13.2 Å². The molecular formula is C23H22Cl2N2O5S. The zero-order valence-corrected chi connectivity index (χ0v) is 20.5. The largest absolute Gasteiger partial charge is 0.495 e. The van der Waals surface area contributed by atoms with Crippen LogP contribution in [0.4, 0.5) is 11.4 Å². The highest BCUT2D eigenvalue weighted by Gasteiger charge is 2.30. The van der Waals surface area contributed by atoms with Gasteiger partial charge in [-0.1, -0.05) is 35.3 Å². The van der Waals surface area contributed by atoms with Crippen molar-refractivity contribution in [2.45, 2.75) is 11.8 Å². The van der Waals surface area contributed by atoms with Crippen molar-refractivity contribution in [2.24, 2.45) is 0 Å². The van der Waals surface area contributed by atoms with Crippen LogP contribution in [0.1, 0.15) is 5.56 Å². The Morgan fingerprint density at radius 3 is 2.30 bits per heavy atom. The molecule has 174 valence electrons. The predicted octanol–water partition coefficient (Wildman–Crippen LogP) is 5.15. The highest BCUT2D eigenvalue weighted by Crippen LogP contribution is 2.34. The summed E-state index contributed by atoms with van der Waals surface area (Å²) in [5, 5.41) is 3.30. The maximum Gasteiger partial charge on any atom is 0.268 e. The highest BCUT2D eigenvalue weighted by molar-refractivity contribution is 7.93. The molecule has 1 N–H and O–H groups in total. The van der Waals surface area contributed by atoms with Gasteiger partial charge in [0.2, 0.25) is 5.91 Å². The van der Waals surface area contributed by atoms with Crippen molar-refractivity contribution < 1.29 is 22.7 Å². The van der Waals surface area contributed by atoms with Gasteiger partial charge in [0.05, 0.1) is 24.9 Å². The first-order valence-corrected chi connectivity index (χ1v) is 11.9. The maximum atomic E-state index is 13.7. The number of aryl methyl sites for hydroxylation is 1. The van der Waals surface area contributed by atoms with E-state index in [2.05, 4.69) is 5.32 Å². The number of nitrogens with zero attached hydrogens (tertiary/aromatic N) is 1. The van der Waals surface area contributed by atoms with Gasteiger partial charge < -0.3 is 14.8 Å². The van der Waals surface area contributed by atoms with Crippen LogP contribution < -0.4 is 19.1 Å². The van der Waals surface area contributed by atoms with Crippen molar-refractivity contribution >= 4 is 50.5 Å². The molecule has 3 aromatic carbocycles. The van der Waals surface area contributed by atoms with Crippen LogP contribution in [-0.4, -0.2) is 35.1 Å². The number of benzene rings is 3. The average Bonchev–Trinajstić information content (AvgIpc) is 2.77. The van der Waals surface area contributed by atoms with Crippen LogP contribution in [0.25, 0.3) is 0 Å². The molecule has 10 heteroatoms. The number of sulfonamides is 1. The Morgan fingerprint density at radius 1 is 0.970 bits per heavy atom. The molecule has 0 fully saturated rings. The number of ether oxygens (including phenoxy) is 2. The fraction of sp³-hybridized carbons (Fsp3) is 0.174. The van der Waals surface area contributed by atoms with Crippen LogP contribution in [0.3, 0.4) is 0 Å². The van der Waals surface area contributed by atoms with Gasteiger partial charge in [-0.2, -0.15) is 0 Å². The Balaban J connectivity index is 2.06. The first-order chi connectivity index (χ1) is 15.6. The molecule has 0 saturated carbocycles. The summed E-state index contributed by atoms with van der Waals surface area (Å²) in [5.41, 5.74) is 1.34. The van der Waals surface area contributed by atoms with E-state index in [1.165, 1.54) is 38.5 Å². The minimum atomic E-state index is -4.23. The zero-order valence-electron chi connectivity index (χ0n) is 18.1. The minimum absolute atomic E-state index is 0.0764. The molecule has 1 amide bonds. The Kier molecular flexibility index (Phi) is 7.73. The Bertz CT molecular complexity index is 1280. The van der Waals surface area contributed by atoms with Crippen LogP contribution in [0.15, 0.2) is 65.6 Å². The van der Waals surface area contributed by atoms with Crippen molar-refractivity contribution in [3.05, 3.63) is 76.3 Å². The van der Waals surface area contributed by atoms with E-state index in [1.807, 2.05) is 0 Å². The van der Waals surface area contributed by atoms with Gasteiger partial charge in [-0.25, -0.2) is 8.42 Å². The molecule has 0 aliphatic carbocycles. The van der Waals surface area contributed by atoms with E-state index in [0.29, 0.717) is 22.0 Å². The van der Waals surface area contributed by atoms with Crippen LogP contribution in [0, 0.1) is 6.92 Å². The van der Waals surface area contributed by atoms with Crippen LogP contribution in [-0.2, 0) is 14.8 Å². The Labute approximate surface area is 202 Å². The number of rotatable bonds is 8. The Morgan fingerprint density at radius 2 is 1.67 bits per heavy atom. The van der Waals surface area contributed by atoms with E-state index >= 15 is 0 Å². The van der Waals surface area contributed by atoms with Gasteiger partial charge in [-0.05, 0) is 61.0 Å². The smallest absolute Gasteiger partial charge is 0.268 e. The van der Waals surface area contributed by atoms with Gasteiger partial charge >= 0.3 is 0 Å².